The molecule has 0 amide bonds. The molecule has 1 N–H and O–H groups in total. The maximum absolute atomic E-state index is 14.4. The van der Waals surface area contributed by atoms with Gasteiger partial charge in [0.1, 0.15) is 5.28 Å². The van der Waals surface area contributed by atoms with Crippen molar-refractivity contribution in [3.8, 4) is 0 Å². The van der Waals surface area contributed by atoms with E-state index in [1.165, 1.54) is 43.2 Å². The first kappa shape index (κ1) is 25.2. The molecule has 1 fully saturated rings. The molecule has 1 aliphatic carbocycles. The zero-order chi connectivity index (χ0) is 22.7. The Balaban J connectivity index is 1.95. The van der Waals surface area contributed by atoms with Crippen LogP contribution in [0.2, 0.25) is 0 Å². The van der Waals surface area contributed by atoms with Gasteiger partial charge in [-0.2, -0.15) is 0 Å². The molecule has 176 valence electrons. The summed E-state index contributed by atoms with van der Waals surface area (Å²) < 4.78 is 26.5. The SMILES string of the molecule is CCOP(=O)(OCC)C(CCc1ccccc1)(CC1CCCCC1)NCc1ccccc1. The Bertz CT molecular complexity index is 768. The average Bonchev–Trinajstić information content (AvgIpc) is 2.83. The Labute approximate surface area is 194 Å². The summed E-state index contributed by atoms with van der Waals surface area (Å²) in [6.45, 7) is 5.22. The van der Waals surface area contributed by atoms with Gasteiger partial charge in [-0.05, 0) is 50.2 Å². The van der Waals surface area contributed by atoms with E-state index in [0.717, 1.165) is 19.3 Å². The Morgan fingerprint density at radius 3 is 2.00 bits per heavy atom. The average molecular weight is 458 g/mol. The van der Waals surface area contributed by atoms with E-state index in [1.54, 1.807) is 0 Å². The van der Waals surface area contributed by atoms with E-state index in [2.05, 4.69) is 53.8 Å². The molecule has 0 heterocycles. The summed E-state index contributed by atoms with van der Waals surface area (Å²) in [6.07, 6.45) is 8.58. The largest absolute Gasteiger partial charge is 0.350 e. The summed E-state index contributed by atoms with van der Waals surface area (Å²) in [5, 5.41) is 3.05. The van der Waals surface area contributed by atoms with Crippen LogP contribution in [-0.2, 0) is 26.6 Å². The molecule has 1 aliphatic rings. The number of benzene rings is 2. The summed E-state index contributed by atoms with van der Waals surface area (Å²) in [5.74, 6) is 0.539. The van der Waals surface area contributed by atoms with Crippen molar-refractivity contribution in [3.05, 3.63) is 71.8 Å². The van der Waals surface area contributed by atoms with E-state index < -0.39 is 12.9 Å². The predicted octanol–water partition coefficient (Wildman–Crippen LogP) is 7.34. The van der Waals surface area contributed by atoms with E-state index in [0.29, 0.717) is 25.7 Å². The highest BCUT2D eigenvalue weighted by Crippen LogP contribution is 2.63. The molecule has 1 atom stereocenters. The number of nitrogens with one attached hydrogen (secondary N) is 1. The monoisotopic (exact) mass is 457 g/mol. The fourth-order valence-corrected chi connectivity index (χ4v) is 7.35. The lowest BCUT2D eigenvalue weighted by molar-refractivity contribution is 0.160. The first-order chi connectivity index (χ1) is 15.6. The topological polar surface area (TPSA) is 47.6 Å². The standard InChI is InChI=1S/C27H40NO3P/c1-3-30-32(29,31-4-2)27(22-25-16-10-6-11-17-25,21-20-24-14-8-5-9-15-24)28-23-26-18-12-7-13-19-26/h5,7-9,12-15,18-19,25,28H,3-4,6,10-11,16-17,20-23H2,1-2H3. The maximum Gasteiger partial charge on any atom is 0.350 e. The van der Waals surface area contributed by atoms with Crippen molar-refractivity contribution in [3.63, 3.8) is 0 Å². The molecule has 2 aromatic carbocycles. The highest BCUT2D eigenvalue weighted by molar-refractivity contribution is 7.55. The second-order valence-electron chi connectivity index (χ2n) is 8.90. The minimum Gasteiger partial charge on any atom is -0.308 e. The van der Waals surface area contributed by atoms with Crippen LogP contribution in [0.3, 0.4) is 0 Å². The summed E-state index contributed by atoms with van der Waals surface area (Å²) in [7, 11) is -3.41. The minimum absolute atomic E-state index is 0.377. The van der Waals surface area contributed by atoms with Crippen LogP contribution in [0.15, 0.2) is 60.7 Å². The molecular formula is C27H40NO3P. The van der Waals surface area contributed by atoms with Gasteiger partial charge in [-0.1, -0.05) is 92.8 Å². The van der Waals surface area contributed by atoms with E-state index in [9.17, 15) is 4.57 Å². The van der Waals surface area contributed by atoms with Crippen LogP contribution >= 0.6 is 7.60 Å². The van der Waals surface area contributed by atoms with Gasteiger partial charge in [0, 0.05) is 6.54 Å². The lowest BCUT2D eigenvalue weighted by atomic mass is 9.83. The van der Waals surface area contributed by atoms with Crippen molar-refractivity contribution < 1.29 is 13.6 Å². The molecule has 0 saturated heterocycles. The van der Waals surface area contributed by atoms with E-state index >= 15 is 0 Å². The highest BCUT2D eigenvalue weighted by Gasteiger charge is 2.51. The third-order valence-electron chi connectivity index (χ3n) is 6.61. The van der Waals surface area contributed by atoms with Gasteiger partial charge in [-0.3, -0.25) is 9.88 Å². The van der Waals surface area contributed by atoms with E-state index in [4.69, 9.17) is 9.05 Å². The van der Waals surface area contributed by atoms with Gasteiger partial charge in [-0.15, -0.1) is 0 Å². The Morgan fingerprint density at radius 1 is 0.875 bits per heavy atom. The Hall–Kier alpha value is -1.45. The van der Waals surface area contributed by atoms with Gasteiger partial charge in [0.2, 0.25) is 0 Å². The zero-order valence-electron chi connectivity index (χ0n) is 19.8. The molecule has 32 heavy (non-hydrogen) atoms. The van der Waals surface area contributed by atoms with Crippen molar-refractivity contribution in [2.45, 2.75) is 77.0 Å². The van der Waals surface area contributed by atoms with Crippen LogP contribution in [0.4, 0.5) is 0 Å². The first-order valence-corrected chi connectivity index (χ1v) is 13.9. The number of hydrogen-bond donors (Lipinski definition) is 1. The lowest BCUT2D eigenvalue weighted by Gasteiger charge is -2.43. The summed E-state index contributed by atoms with van der Waals surface area (Å²) in [6, 6.07) is 20.8. The first-order valence-electron chi connectivity index (χ1n) is 12.3. The van der Waals surface area contributed by atoms with Gasteiger partial charge in [0.25, 0.3) is 0 Å². The van der Waals surface area contributed by atoms with Gasteiger partial charge in [0.15, 0.2) is 0 Å². The van der Waals surface area contributed by atoms with Crippen molar-refractivity contribution in [1.82, 2.24) is 5.32 Å². The van der Waals surface area contributed by atoms with Crippen molar-refractivity contribution in [2.24, 2.45) is 5.92 Å². The van der Waals surface area contributed by atoms with Gasteiger partial charge >= 0.3 is 7.60 Å². The van der Waals surface area contributed by atoms with Crippen LogP contribution in [-0.4, -0.2) is 18.5 Å². The molecule has 0 aromatic heterocycles. The summed E-state index contributed by atoms with van der Waals surface area (Å²) >= 11 is 0. The van der Waals surface area contributed by atoms with Crippen LogP contribution in [0, 0.1) is 5.92 Å². The van der Waals surface area contributed by atoms with Crippen molar-refractivity contribution in [1.29, 1.82) is 0 Å². The Morgan fingerprint density at radius 2 is 1.44 bits per heavy atom. The quantitative estimate of drug-likeness (QED) is 0.320. The van der Waals surface area contributed by atoms with E-state index in [1.807, 2.05) is 26.0 Å². The van der Waals surface area contributed by atoms with Gasteiger partial charge in [0.05, 0.1) is 13.2 Å². The molecule has 0 radical (unpaired) electrons. The van der Waals surface area contributed by atoms with Crippen LogP contribution < -0.4 is 5.32 Å². The molecule has 1 unspecified atom stereocenters. The molecule has 0 spiro atoms. The second-order valence-corrected chi connectivity index (χ2v) is 11.3. The lowest BCUT2D eigenvalue weighted by Crippen LogP contribution is -2.47. The van der Waals surface area contributed by atoms with Crippen LogP contribution in [0.25, 0.3) is 0 Å². The number of hydrogen-bond acceptors (Lipinski definition) is 4. The highest BCUT2D eigenvalue weighted by atomic mass is 31.2. The number of aryl methyl sites for hydroxylation is 1. The van der Waals surface area contributed by atoms with Crippen molar-refractivity contribution >= 4 is 7.60 Å². The molecule has 0 aliphatic heterocycles. The molecule has 1 saturated carbocycles. The molecular weight excluding hydrogens is 417 g/mol. The van der Waals surface area contributed by atoms with Crippen LogP contribution in [0.1, 0.15) is 69.9 Å². The van der Waals surface area contributed by atoms with Gasteiger partial charge < -0.3 is 9.05 Å². The smallest absolute Gasteiger partial charge is 0.308 e. The third kappa shape index (κ3) is 6.78. The van der Waals surface area contributed by atoms with Gasteiger partial charge in [-0.25, -0.2) is 0 Å². The maximum atomic E-state index is 14.4. The second kappa shape index (κ2) is 12.7. The van der Waals surface area contributed by atoms with E-state index in [-0.39, 0.29) is 0 Å². The molecule has 5 heteroatoms. The summed E-state index contributed by atoms with van der Waals surface area (Å²) in [5.41, 5.74) is 2.43. The molecule has 3 rings (SSSR count). The molecule has 0 bridgehead atoms. The number of rotatable bonds is 13. The fourth-order valence-electron chi connectivity index (χ4n) is 4.96. The minimum atomic E-state index is -3.41. The van der Waals surface area contributed by atoms with Crippen molar-refractivity contribution in [2.75, 3.05) is 13.2 Å². The molecule has 2 aromatic rings. The van der Waals surface area contributed by atoms with Crippen LogP contribution in [0.5, 0.6) is 0 Å². The summed E-state index contributed by atoms with van der Waals surface area (Å²) in [4.78, 5) is 0. The predicted molar refractivity (Wildman–Crippen MR) is 133 cm³/mol. The fraction of sp³-hybridized carbons (Fsp3) is 0.556. The third-order valence-corrected chi connectivity index (χ3v) is 9.42. The normalized spacial score (nSPS) is 17.2. The molecule has 4 nitrogen and oxygen atoms in total. The zero-order valence-corrected chi connectivity index (χ0v) is 20.7. The Kier molecular flexibility index (Phi) is 9.99.